The summed E-state index contributed by atoms with van der Waals surface area (Å²) >= 11 is 0. The monoisotopic (exact) mass is 422 g/mol. The topological polar surface area (TPSA) is 64.6 Å². The fourth-order valence-electron chi connectivity index (χ4n) is 4.24. The highest BCUT2D eigenvalue weighted by atomic mass is 16.2. The Balaban J connectivity index is 1.31. The average molecular weight is 423 g/mol. The maximum atomic E-state index is 12.8. The van der Waals surface area contributed by atoms with E-state index in [-0.39, 0.29) is 6.03 Å². The third-order valence-electron chi connectivity index (χ3n) is 6.11. The second-order valence-electron chi connectivity index (χ2n) is 8.88. The molecule has 4 rings (SSSR count). The molecule has 1 N–H and O–H groups in total. The minimum atomic E-state index is -0.0351. The van der Waals surface area contributed by atoms with Crippen LogP contribution in [0.2, 0.25) is 0 Å². The summed E-state index contributed by atoms with van der Waals surface area (Å²) in [4.78, 5) is 28.6. The first-order valence-electron chi connectivity index (χ1n) is 11.5. The highest BCUT2D eigenvalue weighted by Gasteiger charge is 2.23. The van der Waals surface area contributed by atoms with Crippen LogP contribution in [0.5, 0.6) is 0 Å². The summed E-state index contributed by atoms with van der Waals surface area (Å²) in [6.45, 7) is 11.4. The van der Waals surface area contributed by atoms with Crippen LogP contribution in [0.25, 0.3) is 0 Å². The van der Waals surface area contributed by atoms with E-state index in [2.05, 4.69) is 46.1 Å². The molecular weight excluding hydrogens is 388 g/mol. The lowest BCUT2D eigenvalue weighted by atomic mass is 10.1. The van der Waals surface area contributed by atoms with Crippen LogP contribution in [0.4, 0.5) is 22.0 Å². The molecular formula is C24H34N6O. The van der Waals surface area contributed by atoms with Crippen LogP contribution in [0.1, 0.15) is 50.5 Å². The molecule has 2 amide bonds. The minimum Gasteiger partial charge on any atom is -0.372 e. The highest BCUT2D eigenvalue weighted by molar-refractivity contribution is 5.89. The van der Waals surface area contributed by atoms with E-state index >= 15 is 0 Å². The van der Waals surface area contributed by atoms with Crippen molar-refractivity contribution >= 4 is 23.2 Å². The Hall–Kier alpha value is -2.83. The Labute approximate surface area is 185 Å². The number of anilines is 3. The molecule has 0 unspecified atom stereocenters. The van der Waals surface area contributed by atoms with Crippen LogP contribution in [0.3, 0.4) is 0 Å². The lowest BCUT2D eigenvalue weighted by Crippen LogP contribution is -2.50. The van der Waals surface area contributed by atoms with Crippen LogP contribution in [0, 0.1) is 6.92 Å². The van der Waals surface area contributed by atoms with Gasteiger partial charge in [0, 0.05) is 68.3 Å². The van der Waals surface area contributed by atoms with Gasteiger partial charge in [-0.05, 0) is 50.5 Å². The van der Waals surface area contributed by atoms with Crippen molar-refractivity contribution < 1.29 is 4.79 Å². The third-order valence-corrected chi connectivity index (χ3v) is 6.11. The normalized spacial score (nSPS) is 17.2. The summed E-state index contributed by atoms with van der Waals surface area (Å²) in [5.41, 5.74) is 3.08. The zero-order chi connectivity index (χ0) is 21.8. The average Bonchev–Trinajstić information content (AvgIpc) is 2.80. The van der Waals surface area contributed by atoms with E-state index in [9.17, 15) is 4.79 Å². The highest BCUT2D eigenvalue weighted by Crippen LogP contribution is 2.23. The van der Waals surface area contributed by atoms with Gasteiger partial charge in [0.2, 0.25) is 0 Å². The number of aromatic nitrogens is 2. The van der Waals surface area contributed by atoms with Crippen LogP contribution in [-0.4, -0.2) is 60.2 Å². The lowest BCUT2D eigenvalue weighted by Gasteiger charge is -2.35. The predicted octanol–water partition coefficient (Wildman–Crippen LogP) is 4.25. The van der Waals surface area contributed by atoms with Gasteiger partial charge in [-0.2, -0.15) is 0 Å². The molecule has 0 saturated carbocycles. The molecule has 31 heavy (non-hydrogen) atoms. The predicted molar refractivity (Wildman–Crippen MR) is 126 cm³/mol. The minimum absolute atomic E-state index is 0.0351. The van der Waals surface area contributed by atoms with Gasteiger partial charge in [0.05, 0.1) is 0 Å². The quantitative estimate of drug-likeness (QED) is 0.798. The number of carbonyl (C=O) groups is 1. The molecule has 0 radical (unpaired) electrons. The number of nitrogens with zero attached hydrogens (tertiary/aromatic N) is 5. The van der Waals surface area contributed by atoms with Gasteiger partial charge < -0.3 is 20.0 Å². The number of hydrogen-bond donors (Lipinski definition) is 1. The molecule has 0 bridgehead atoms. The molecule has 2 aliphatic heterocycles. The van der Waals surface area contributed by atoms with Gasteiger partial charge in [-0.25, -0.2) is 14.8 Å². The van der Waals surface area contributed by atoms with E-state index < -0.39 is 0 Å². The Morgan fingerprint density at radius 1 is 0.903 bits per heavy atom. The molecule has 3 heterocycles. The largest absolute Gasteiger partial charge is 0.372 e. The number of aryl methyl sites for hydroxylation is 1. The van der Waals surface area contributed by atoms with Crippen molar-refractivity contribution in [3.05, 3.63) is 41.9 Å². The second-order valence-corrected chi connectivity index (χ2v) is 8.88. The zero-order valence-corrected chi connectivity index (χ0v) is 19.0. The van der Waals surface area contributed by atoms with Crippen LogP contribution >= 0.6 is 0 Å². The van der Waals surface area contributed by atoms with E-state index in [0.717, 1.165) is 49.2 Å². The molecule has 0 atom stereocenters. The summed E-state index contributed by atoms with van der Waals surface area (Å²) in [6.07, 6.45) is 3.85. The first-order chi connectivity index (χ1) is 15.0. The maximum Gasteiger partial charge on any atom is 0.321 e. The Bertz CT molecular complexity index is 883. The fraction of sp³-hybridized carbons (Fsp3) is 0.542. The van der Waals surface area contributed by atoms with Gasteiger partial charge in [-0.1, -0.05) is 13.8 Å². The van der Waals surface area contributed by atoms with Crippen LogP contribution < -0.4 is 15.1 Å². The van der Waals surface area contributed by atoms with Gasteiger partial charge in [0.25, 0.3) is 0 Å². The molecule has 2 fully saturated rings. The molecule has 1 aromatic heterocycles. The number of nitrogens with one attached hydrogen (secondary N) is 1. The van der Waals surface area contributed by atoms with Gasteiger partial charge in [-0.3, -0.25) is 0 Å². The Morgan fingerprint density at radius 3 is 2.23 bits per heavy atom. The summed E-state index contributed by atoms with van der Waals surface area (Å²) in [5.74, 6) is 2.14. The van der Waals surface area contributed by atoms with Crippen molar-refractivity contribution in [3.63, 3.8) is 0 Å². The molecule has 2 aliphatic rings. The molecule has 7 nitrogen and oxygen atoms in total. The first-order valence-corrected chi connectivity index (χ1v) is 11.5. The molecule has 0 aliphatic carbocycles. The summed E-state index contributed by atoms with van der Waals surface area (Å²) in [7, 11) is 0. The van der Waals surface area contributed by atoms with Crippen molar-refractivity contribution in [1.82, 2.24) is 14.9 Å². The number of piperidine rings is 1. The van der Waals surface area contributed by atoms with E-state index in [4.69, 9.17) is 4.98 Å². The van der Waals surface area contributed by atoms with Crippen molar-refractivity contribution in [2.75, 3.05) is 54.4 Å². The van der Waals surface area contributed by atoms with Crippen LogP contribution in [0.15, 0.2) is 30.3 Å². The Kier molecular flexibility index (Phi) is 6.59. The molecule has 7 heteroatoms. The number of piperazine rings is 1. The first kappa shape index (κ1) is 21.4. The standard InChI is InChI=1S/C24H34N6O/c1-18(2)23-25-19(3)17-22(27-23)29-13-15-30(16-14-29)24(31)26-20-7-9-21(10-8-20)28-11-5-4-6-12-28/h7-10,17-18H,4-6,11-16H2,1-3H3,(H,26,31). The molecule has 2 aromatic rings. The van der Waals surface area contributed by atoms with Crippen molar-refractivity contribution in [2.45, 2.75) is 46.0 Å². The number of carbonyl (C=O) groups excluding carboxylic acids is 1. The second kappa shape index (κ2) is 9.54. The zero-order valence-electron chi connectivity index (χ0n) is 19.0. The summed E-state index contributed by atoms with van der Waals surface area (Å²) in [6, 6.07) is 10.2. The van der Waals surface area contributed by atoms with E-state index in [1.165, 1.54) is 24.9 Å². The lowest BCUT2D eigenvalue weighted by molar-refractivity contribution is 0.208. The van der Waals surface area contributed by atoms with E-state index in [1.807, 2.05) is 30.0 Å². The summed E-state index contributed by atoms with van der Waals surface area (Å²) < 4.78 is 0. The molecule has 2 saturated heterocycles. The number of urea groups is 1. The van der Waals surface area contributed by atoms with Crippen molar-refractivity contribution in [2.24, 2.45) is 0 Å². The van der Waals surface area contributed by atoms with Crippen molar-refractivity contribution in [3.8, 4) is 0 Å². The van der Waals surface area contributed by atoms with E-state index in [0.29, 0.717) is 19.0 Å². The number of hydrogen-bond acceptors (Lipinski definition) is 5. The number of benzene rings is 1. The number of amides is 2. The van der Waals surface area contributed by atoms with Gasteiger partial charge in [0.15, 0.2) is 0 Å². The van der Waals surface area contributed by atoms with Gasteiger partial charge >= 0.3 is 6.03 Å². The molecule has 1 aromatic carbocycles. The van der Waals surface area contributed by atoms with Gasteiger partial charge in [-0.15, -0.1) is 0 Å². The fourth-order valence-corrected chi connectivity index (χ4v) is 4.24. The molecule has 0 spiro atoms. The van der Waals surface area contributed by atoms with Crippen LogP contribution in [-0.2, 0) is 0 Å². The third kappa shape index (κ3) is 5.27. The number of rotatable bonds is 4. The summed E-state index contributed by atoms with van der Waals surface area (Å²) in [5, 5.41) is 3.05. The smallest absolute Gasteiger partial charge is 0.321 e. The SMILES string of the molecule is Cc1cc(N2CCN(C(=O)Nc3ccc(N4CCCCC4)cc3)CC2)nc(C(C)C)n1. The maximum absolute atomic E-state index is 12.8. The van der Waals surface area contributed by atoms with E-state index in [1.54, 1.807) is 0 Å². The van der Waals surface area contributed by atoms with Crippen molar-refractivity contribution in [1.29, 1.82) is 0 Å². The Morgan fingerprint density at radius 2 is 1.58 bits per heavy atom. The van der Waals surface area contributed by atoms with Gasteiger partial charge in [0.1, 0.15) is 11.6 Å². The molecule has 166 valence electrons.